The van der Waals surface area contributed by atoms with E-state index in [0.717, 1.165) is 5.56 Å². The molecule has 3 aromatic rings. The van der Waals surface area contributed by atoms with Crippen molar-refractivity contribution in [3.8, 4) is 23.3 Å². The van der Waals surface area contributed by atoms with E-state index in [0.29, 0.717) is 44.5 Å². The largest absolute Gasteiger partial charge is 0.490 e. The summed E-state index contributed by atoms with van der Waals surface area (Å²) in [6, 6.07) is 15.2. The molecule has 0 aliphatic rings. The number of amides is 1. The number of aliphatic carboxylic acids is 1. The molecule has 1 aromatic carbocycles. The normalized spacial score (nSPS) is 10.2. The van der Waals surface area contributed by atoms with Gasteiger partial charge in [-0.1, -0.05) is 18.2 Å². The highest BCUT2D eigenvalue weighted by molar-refractivity contribution is 7.98. The van der Waals surface area contributed by atoms with Crippen LogP contribution in [-0.2, 0) is 15.3 Å². The molecule has 2 aromatic heterocycles. The van der Waals surface area contributed by atoms with Crippen molar-refractivity contribution >= 4 is 35.1 Å². The van der Waals surface area contributed by atoms with Crippen LogP contribution in [0.4, 0.5) is 24.7 Å². The number of nitriles is 2. The fourth-order valence-electron chi connectivity index (χ4n) is 2.91. The Morgan fingerprint density at radius 2 is 1.73 bits per heavy atom. The van der Waals surface area contributed by atoms with Gasteiger partial charge < -0.3 is 15.7 Å². The maximum atomic E-state index is 11.3. The third kappa shape index (κ3) is 7.95. The number of anilines is 2. The van der Waals surface area contributed by atoms with Crippen LogP contribution in [0.1, 0.15) is 23.6 Å². The Bertz CT molecular complexity index is 1350. The number of rotatable bonds is 6. The standard InChI is InChI=1S/C22H18N6OS.C2HF3O2/c1-14(29)27-17-7-5-16(6-8-17)20-18(10-23)21(25-2)28-22(19(20)11-24)30-13-15-4-3-9-26-12-15;3-2(4,5)1(6)7/h3-9,12H,13H2,1-2H3,(H,25,28)(H,27,29);(H,6,7). The van der Waals surface area contributed by atoms with Crippen LogP contribution in [0.15, 0.2) is 53.8 Å². The third-order valence-corrected chi connectivity index (χ3v) is 5.51. The highest BCUT2D eigenvalue weighted by atomic mass is 32.2. The summed E-state index contributed by atoms with van der Waals surface area (Å²) in [6.45, 7) is 1.43. The Labute approximate surface area is 214 Å². The number of thioether (sulfide) groups is 1. The van der Waals surface area contributed by atoms with Crippen molar-refractivity contribution in [3.05, 3.63) is 65.5 Å². The minimum Gasteiger partial charge on any atom is -0.475 e. The van der Waals surface area contributed by atoms with E-state index in [4.69, 9.17) is 9.90 Å². The number of aromatic nitrogens is 2. The number of carboxylic acids is 1. The lowest BCUT2D eigenvalue weighted by Gasteiger charge is -2.15. The molecule has 9 nitrogen and oxygen atoms in total. The van der Waals surface area contributed by atoms with E-state index in [1.165, 1.54) is 18.7 Å². The van der Waals surface area contributed by atoms with Gasteiger partial charge in [-0.25, -0.2) is 9.78 Å². The molecule has 0 fully saturated rings. The number of carbonyl (C=O) groups excluding carboxylic acids is 1. The molecular formula is C24H19F3N6O3S. The molecular weight excluding hydrogens is 509 g/mol. The van der Waals surface area contributed by atoms with Gasteiger partial charge in [-0.2, -0.15) is 23.7 Å². The summed E-state index contributed by atoms with van der Waals surface area (Å²) in [7, 11) is 1.69. The molecule has 0 aliphatic carbocycles. The SMILES string of the molecule is CNc1nc(SCc2cccnc2)c(C#N)c(-c2ccc(NC(C)=O)cc2)c1C#N.O=C(O)C(F)(F)F. The number of carbonyl (C=O) groups is 2. The van der Waals surface area contributed by atoms with Crippen LogP contribution < -0.4 is 10.6 Å². The molecule has 0 unspecified atom stereocenters. The maximum Gasteiger partial charge on any atom is 0.490 e. The second-order valence-electron chi connectivity index (χ2n) is 7.08. The van der Waals surface area contributed by atoms with Crippen LogP contribution in [0.3, 0.4) is 0 Å². The van der Waals surface area contributed by atoms with Gasteiger partial charge in [0, 0.05) is 43.4 Å². The number of benzene rings is 1. The van der Waals surface area contributed by atoms with Crippen LogP contribution in [0.25, 0.3) is 11.1 Å². The third-order valence-electron chi connectivity index (χ3n) is 4.46. The number of carboxylic acid groups (broad SMARTS) is 1. The molecule has 3 rings (SSSR count). The van der Waals surface area contributed by atoms with Crippen molar-refractivity contribution in [2.24, 2.45) is 0 Å². The summed E-state index contributed by atoms with van der Waals surface area (Å²) in [5.74, 6) is -1.93. The van der Waals surface area contributed by atoms with Gasteiger partial charge in [0.2, 0.25) is 5.91 Å². The summed E-state index contributed by atoms with van der Waals surface area (Å²) >= 11 is 1.41. The zero-order valence-corrected chi connectivity index (χ0v) is 20.2. The van der Waals surface area contributed by atoms with Crippen molar-refractivity contribution in [1.29, 1.82) is 10.5 Å². The minimum atomic E-state index is -5.08. The van der Waals surface area contributed by atoms with Crippen molar-refractivity contribution in [1.82, 2.24) is 9.97 Å². The highest BCUT2D eigenvalue weighted by Gasteiger charge is 2.38. The maximum absolute atomic E-state index is 11.3. The lowest BCUT2D eigenvalue weighted by atomic mass is 9.96. The van der Waals surface area contributed by atoms with Gasteiger partial charge in [0.25, 0.3) is 0 Å². The lowest BCUT2D eigenvalue weighted by molar-refractivity contribution is -0.192. The molecule has 1 amide bonds. The summed E-state index contributed by atoms with van der Waals surface area (Å²) in [5.41, 5.74) is 3.49. The van der Waals surface area contributed by atoms with E-state index in [-0.39, 0.29) is 5.91 Å². The van der Waals surface area contributed by atoms with Crippen molar-refractivity contribution in [2.45, 2.75) is 23.9 Å². The fraction of sp³-hybridized carbons (Fsp3) is 0.167. The van der Waals surface area contributed by atoms with E-state index >= 15 is 0 Å². The quantitative estimate of drug-likeness (QED) is 0.383. The minimum absolute atomic E-state index is 0.173. The van der Waals surface area contributed by atoms with Crippen molar-refractivity contribution < 1.29 is 27.9 Å². The Balaban J connectivity index is 0.000000604. The molecule has 0 saturated carbocycles. The first kappa shape index (κ1) is 28.6. The predicted molar refractivity (Wildman–Crippen MR) is 130 cm³/mol. The predicted octanol–water partition coefficient (Wildman–Crippen LogP) is 4.81. The smallest absolute Gasteiger partial charge is 0.475 e. The first-order chi connectivity index (χ1) is 17.5. The first-order valence-electron chi connectivity index (χ1n) is 10.3. The average Bonchev–Trinajstić information content (AvgIpc) is 2.87. The number of hydrogen-bond donors (Lipinski definition) is 3. The molecule has 37 heavy (non-hydrogen) atoms. The van der Waals surface area contributed by atoms with Crippen LogP contribution in [0, 0.1) is 22.7 Å². The molecule has 0 spiro atoms. The summed E-state index contributed by atoms with van der Waals surface area (Å²) < 4.78 is 31.7. The van der Waals surface area contributed by atoms with Gasteiger partial charge in [0.05, 0.1) is 5.56 Å². The molecule has 0 saturated heterocycles. The zero-order valence-electron chi connectivity index (χ0n) is 19.4. The van der Waals surface area contributed by atoms with Crippen LogP contribution in [0.2, 0.25) is 0 Å². The van der Waals surface area contributed by atoms with Crippen molar-refractivity contribution in [3.63, 3.8) is 0 Å². The van der Waals surface area contributed by atoms with Crippen LogP contribution >= 0.6 is 11.8 Å². The zero-order chi connectivity index (χ0) is 27.6. The molecule has 3 N–H and O–H groups in total. The molecule has 2 heterocycles. The Hall–Kier alpha value is -4.62. The number of halogens is 3. The van der Waals surface area contributed by atoms with E-state index < -0.39 is 12.1 Å². The first-order valence-corrected chi connectivity index (χ1v) is 11.3. The second-order valence-corrected chi connectivity index (χ2v) is 8.04. The van der Waals surface area contributed by atoms with Crippen LogP contribution in [0.5, 0.6) is 0 Å². The molecule has 0 bridgehead atoms. The molecule has 0 radical (unpaired) electrons. The van der Waals surface area contributed by atoms with E-state index in [1.54, 1.807) is 43.7 Å². The molecule has 13 heteroatoms. The number of hydrogen-bond acceptors (Lipinski definition) is 8. The van der Waals surface area contributed by atoms with Crippen molar-refractivity contribution in [2.75, 3.05) is 17.7 Å². The van der Waals surface area contributed by atoms with Gasteiger partial charge >= 0.3 is 12.1 Å². The Morgan fingerprint density at radius 3 is 2.19 bits per heavy atom. The van der Waals surface area contributed by atoms with Gasteiger partial charge in [-0.05, 0) is 29.3 Å². The number of pyridine rings is 2. The molecule has 0 atom stereocenters. The van der Waals surface area contributed by atoms with Gasteiger partial charge in [0.1, 0.15) is 28.5 Å². The fourth-order valence-corrected chi connectivity index (χ4v) is 3.83. The number of nitrogens with zero attached hydrogens (tertiary/aromatic N) is 4. The summed E-state index contributed by atoms with van der Waals surface area (Å²) in [5, 5.41) is 33.0. The van der Waals surface area contributed by atoms with Gasteiger partial charge in [0.15, 0.2) is 0 Å². The highest BCUT2D eigenvalue weighted by Crippen LogP contribution is 2.37. The number of alkyl halides is 3. The Morgan fingerprint density at radius 1 is 1.11 bits per heavy atom. The van der Waals surface area contributed by atoms with Gasteiger partial charge in [-0.3, -0.25) is 9.78 Å². The van der Waals surface area contributed by atoms with Gasteiger partial charge in [-0.15, -0.1) is 11.8 Å². The summed E-state index contributed by atoms with van der Waals surface area (Å²) in [6.07, 6.45) is -1.61. The molecule has 190 valence electrons. The number of nitrogens with one attached hydrogen (secondary N) is 2. The van der Waals surface area contributed by atoms with Crippen LogP contribution in [-0.4, -0.2) is 40.2 Å². The molecule has 0 aliphatic heterocycles. The van der Waals surface area contributed by atoms with E-state index in [2.05, 4.69) is 32.7 Å². The Kier molecular flexibility index (Phi) is 9.98. The second kappa shape index (κ2) is 12.9. The average molecular weight is 529 g/mol. The topological polar surface area (TPSA) is 152 Å². The van der Waals surface area contributed by atoms with E-state index in [9.17, 15) is 28.5 Å². The summed E-state index contributed by atoms with van der Waals surface area (Å²) in [4.78, 5) is 28.8. The van der Waals surface area contributed by atoms with E-state index in [1.807, 2.05) is 12.1 Å². The lowest BCUT2D eigenvalue weighted by Crippen LogP contribution is -2.21. The monoisotopic (exact) mass is 528 g/mol.